The van der Waals surface area contributed by atoms with Gasteiger partial charge in [-0.3, -0.25) is 4.31 Å². The maximum atomic E-state index is 12.4. The molecule has 0 radical (unpaired) electrons. The molecule has 0 unspecified atom stereocenters. The van der Waals surface area contributed by atoms with E-state index in [-0.39, 0.29) is 4.21 Å². The fraction of sp³-hybridized carbons (Fsp3) is 0.167. The van der Waals surface area contributed by atoms with Gasteiger partial charge in [0.25, 0.3) is 10.0 Å². The number of carbonyl (C=O) groups is 1. The molecule has 0 aliphatic heterocycles. The first-order chi connectivity index (χ1) is 9.34. The Morgan fingerprint density at radius 1 is 1.30 bits per heavy atom. The molecule has 0 saturated carbocycles. The molecule has 1 aromatic carbocycles. The molecule has 1 aromatic heterocycles. The van der Waals surface area contributed by atoms with E-state index in [0.29, 0.717) is 5.69 Å². The topological polar surface area (TPSA) is 87.6 Å². The maximum Gasteiger partial charge on any atom is 0.356 e. The largest absolute Gasteiger partial charge is 0.476 e. The van der Waals surface area contributed by atoms with Crippen LogP contribution in [0, 0.1) is 6.92 Å². The highest BCUT2D eigenvalue weighted by molar-refractivity contribution is 7.94. The lowest BCUT2D eigenvalue weighted by Crippen LogP contribution is -2.27. The van der Waals surface area contributed by atoms with Crippen molar-refractivity contribution in [2.45, 2.75) is 11.1 Å². The van der Waals surface area contributed by atoms with E-state index in [0.717, 1.165) is 21.2 Å². The molecule has 0 bridgehead atoms. The number of benzene rings is 1. The van der Waals surface area contributed by atoms with Gasteiger partial charge < -0.3 is 5.11 Å². The molecule has 106 valence electrons. The zero-order chi connectivity index (χ0) is 14.9. The molecule has 0 spiro atoms. The van der Waals surface area contributed by atoms with Crippen LogP contribution in [0.1, 0.15) is 16.1 Å². The Bertz CT molecular complexity index is 735. The minimum absolute atomic E-state index is 0.270. The second-order valence-corrected chi connectivity index (χ2v) is 7.12. The highest BCUT2D eigenvalue weighted by Gasteiger charge is 2.29. The van der Waals surface area contributed by atoms with Crippen molar-refractivity contribution in [1.29, 1.82) is 0 Å². The molecule has 8 heteroatoms. The van der Waals surface area contributed by atoms with Crippen molar-refractivity contribution in [2.24, 2.45) is 0 Å². The summed E-state index contributed by atoms with van der Waals surface area (Å²) in [5, 5.41) is 8.97. The van der Waals surface area contributed by atoms with Crippen LogP contribution >= 0.6 is 11.3 Å². The predicted molar refractivity (Wildman–Crippen MR) is 75.8 cm³/mol. The lowest BCUT2D eigenvalue weighted by molar-refractivity contribution is 0.0687. The van der Waals surface area contributed by atoms with E-state index in [1.54, 1.807) is 24.3 Å². The van der Waals surface area contributed by atoms with Crippen LogP contribution < -0.4 is 4.31 Å². The van der Waals surface area contributed by atoms with Gasteiger partial charge in [-0.05, 0) is 19.1 Å². The lowest BCUT2D eigenvalue weighted by Gasteiger charge is -2.18. The standard InChI is InChI=1S/C12H12N2O4S2/c1-8-3-5-9(6-4-8)14(2)20(17,18)12-10(11(15)16)13-7-19-12/h3-7H,1-2H3,(H,15,16). The summed E-state index contributed by atoms with van der Waals surface area (Å²) >= 11 is 0.789. The number of aromatic nitrogens is 1. The molecule has 0 atom stereocenters. The van der Waals surface area contributed by atoms with E-state index < -0.39 is 21.7 Å². The monoisotopic (exact) mass is 312 g/mol. The zero-order valence-corrected chi connectivity index (χ0v) is 12.4. The van der Waals surface area contributed by atoms with Crippen LogP contribution in [0.2, 0.25) is 0 Å². The molecular weight excluding hydrogens is 300 g/mol. The number of nitrogens with zero attached hydrogens (tertiary/aromatic N) is 2. The molecule has 1 heterocycles. The number of aromatic carboxylic acids is 1. The molecule has 1 N–H and O–H groups in total. The minimum atomic E-state index is -3.93. The molecule has 0 aliphatic rings. The van der Waals surface area contributed by atoms with Gasteiger partial charge in [-0.15, -0.1) is 11.3 Å². The van der Waals surface area contributed by atoms with Gasteiger partial charge in [0, 0.05) is 7.05 Å². The Morgan fingerprint density at radius 3 is 2.45 bits per heavy atom. The Labute approximate surface area is 120 Å². The van der Waals surface area contributed by atoms with Crippen LogP contribution in [-0.2, 0) is 10.0 Å². The number of aryl methyl sites for hydroxylation is 1. The molecule has 0 saturated heterocycles. The predicted octanol–water partition coefficient (Wildman–Crippen LogP) is 1.97. The molecule has 2 aromatic rings. The molecule has 0 aliphatic carbocycles. The second-order valence-electron chi connectivity index (χ2n) is 4.10. The number of rotatable bonds is 4. The summed E-state index contributed by atoms with van der Waals surface area (Å²) in [6, 6.07) is 6.89. The van der Waals surface area contributed by atoms with Gasteiger partial charge in [0.2, 0.25) is 0 Å². The average molecular weight is 312 g/mol. The summed E-state index contributed by atoms with van der Waals surface area (Å²) < 4.78 is 25.7. The highest BCUT2D eigenvalue weighted by atomic mass is 32.2. The van der Waals surface area contributed by atoms with Crippen molar-refractivity contribution in [3.05, 3.63) is 41.0 Å². The van der Waals surface area contributed by atoms with Crippen molar-refractivity contribution >= 4 is 33.0 Å². The van der Waals surface area contributed by atoms with Crippen LogP contribution in [0.25, 0.3) is 0 Å². The van der Waals surface area contributed by atoms with Crippen molar-refractivity contribution in [1.82, 2.24) is 4.98 Å². The summed E-state index contributed by atoms with van der Waals surface area (Å²) in [6.07, 6.45) is 0. The summed E-state index contributed by atoms with van der Waals surface area (Å²) in [5.74, 6) is -1.36. The first-order valence-corrected chi connectivity index (χ1v) is 7.88. The third kappa shape index (κ3) is 2.52. The van der Waals surface area contributed by atoms with Crippen molar-refractivity contribution in [2.75, 3.05) is 11.4 Å². The number of thiazole rings is 1. The Balaban J connectivity index is 2.47. The van der Waals surface area contributed by atoms with Gasteiger partial charge in [-0.2, -0.15) is 0 Å². The van der Waals surface area contributed by atoms with Crippen LogP contribution in [0.4, 0.5) is 5.69 Å². The first kappa shape index (κ1) is 14.5. The zero-order valence-electron chi connectivity index (χ0n) is 10.8. The number of hydrogen-bond acceptors (Lipinski definition) is 5. The van der Waals surface area contributed by atoms with E-state index in [2.05, 4.69) is 4.98 Å². The van der Waals surface area contributed by atoms with Crippen LogP contribution in [0.5, 0.6) is 0 Å². The van der Waals surface area contributed by atoms with Crippen LogP contribution in [-0.4, -0.2) is 31.5 Å². The molecule has 2 rings (SSSR count). The Kier molecular flexibility index (Phi) is 3.78. The molecule has 0 fully saturated rings. The summed E-state index contributed by atoms with van der Waals surface area (Å²) in [6.45, 7) is 1.89. The van der Waals surface area contributed by atoms with Gasteiger partial charge in [0.05, 0.1) is 11.2 Å². The van der Waals surface area contributed by atoms with E-state index in [9.17, 15) is 13.2 Å². The quantitative estimate of drug-likeness (QED) is 0.932. The van der Waals surface area contributed by atoms with Crippen molar-refractivity contribution < 1.29 is 18.3 Å². The van der Waals surface area contributed by atoms with Gasteiger partial charge in [-0.1, -0.05) is 17.7 Å². The molecule has 20 heavy (non-hydrogen) atoms. The minimum Gasteiger partial charge on any atom is -0.476 e. The highest BCUT2D eigenvalue weighted by Crippen LogP contribution is 2.27. The molecular formula is C12H12N2O4S2. The van der Waals surface area contributed by atoms with Crippen LogP contribution in [0.3, 0.4) is 0 Å². The summed E-state index contributed by atoms with van der Waals surface area (Å²) in [4.78, 5) is 14.6. The van der Waals surface area contributed by atoms with E-state index in [4.69, 9.17) is 5.11 Å². The number of carboxylic acid groups (broad SMARTS) is 1. The normalized spacial score (nSPS) is 11.3. The average Bonchev–Trinajstić information content (AvgIpc) is 2.89. The smallest absolute Gasteiger partial charge is 0.356 e. The number of carboxylic acids is 1. The van der Waals surface area contributed by atoms with Crippen molar-refractivity contribution in [3.63, 3.8) is 0 Å². The van der Waals surface area contributed by atoms with Crippen LogP contribution in [0.15, 0.2) is 34.0 Å². The maximum absolute atomic E-state index is 12.4. The number of hydrogen-bond donors (Lipinski definition) is 1. The lowest BCUT2D eigenvalue weighted by atomic mass is 10.2. The first-order valence-electron chi connectivity index (χ1n) is 5.56. The Morgan fingerprint density at radius 2 is 1.90 bits per heavy atom. The van der Waals surface area contributed by atoms with E-state index in [1.807, 2.05) is 6.92 Å². The number of anilines is 1. The van der Waals surface area contributed by atoms with Crippen molar-refractivity contribution in [3.8, 4) is 0 Å². The van der Waals surface area contributed by atoms with Gasteiger partial charge in [0.1, 0.15) is 0 Å². The number of sulfonamides is 1. The fourth-order valence-electron chi connectivity index (χ4n) is 1.58. The fourth-order valence-corrected chi connectivity index (χ4v) is 4.07. The third-order valence-corrected chi connectivity index (χ3v) is 5.86. The van der Waals surface area contributed by atoms with Gasteiger partial charge in [0.15, 0.2) is 9.90 Å². The molecule has 6 nitrogen and oxygen atoms in total. The Hall–Kier alpha value is -1.93. The van der Waals surface area contributed by atoms with E-state index in [1.165, 1.54) is 12.6 Å². The SMILES string of the molecule is Cc1ccc(N(C)S(=O)(=O)c2scnc2C(=O)O)cc1. The summed E-state index contributed by atoms with van der Waals surface area (Å²) in [7, 11) is -2.55. The summed E-state index contributed by atoms with van der Waals surface area (Å²) in [5.41, 5.74) is 2.22. The molecule has 0 amide bonds. The van der Waals surface area contributed by atoms with Gasteiger partial charge in [-0.25, -0.2) is 18.2 Å². The van der Waals surface area contributed by atoms with E-state index >= 15 is 0 Å². The third-order valence-electron chi connectivity index (χ3n) is 2.73. The van der Waals surface area contributed by atoms with Gasteiger partial charge >= 0.3 is 5.97 Å². The second kappa shape index (κ2) is 5.22.